The molecule has 138 valence electrons. The average molecular weight is 348 g/mol. The Hall–Kier alpha value is -1.79. The third kappa shape index (κ3) is 4.64. The third-order valence-corrected chi connectivity index (χ3v) is 5.11. The maximum atomic E-state index is 12.6. The van der Waals surface area contributed by atoms with Crippen molar-refractivity contribution in [2.75, 3.05) is 47.1 Å². The standard InChI is InChI=1S/C19H28N2O4/c1-23-16-3-4-18(24-2)17(11-16)19(22)20-15-5-8-21(9-6-15)12-14-7-10-25-13-14/h3-4,11,14-15H,5-10,12-13H2,1-2H3,(H,20,22)/t14-/m1/s1. The van der Waals surface area contributed by atoms with Crippen molar-refractivity contribution in [3.8, 4) is 11.5 Å². The van der Waals surface area contributed by atoms with Crippen LogP contribution in [0.3, 0.4) is 0 Å². The number of nitrogens with zero attached hydrogens (tertiary/aromatic N) is 1. The van der Waals surface area contributed by atoms with Gasteiger partial charge in [0, 0.05) is 32.3 Å². The van der Waals surface area contributed by atoms with Crippen LogP contribution in [0.5, 0.6) is 11.5 Å². The summed E-state index contributed by atoms with van der Waals surface area (Å²) in [6.07, 6.45) is 3.13. The number of hydrogen-bond acceptors (Lipinski definition) is 5. The van der Waals surface area contributed by atoms with Gasteiger partial charge in [-0.15, -0.1) is 0 Å². The lowest BCUT2D eigenvalue weighted by molar-refractivity contribution is 0.0900. The monoisotopic (exact) mass is 348 g/mol. The molecule has 0 aliphatic carbocycles. The molecule has 2 saturated heterocycles. The number of carbonyl (C=O) groups excluding carboxylic acids is 1. The number of rotatable bonds is 6. The van der Waals surface area contributed by atoms with Gasteiger partial charge >= 0.3 is 0 Å². The van der Waals surface area contributed by atoms with Crippen LogP contribution in [-0.4, -0.2) is 63.9 Å². The van der Waals surface area contributed by atoms with E-state index in [4.69, 9.17) is 14.2 Å². The molecule has 3 rings (SSSR count). The summed E-state index contributed by atoms with van der Waals surface area (Å²) < 4.78 is 16.0. The highest BCUT2D eigenvalue weighted by molar-refractivity contribution is 5.97. The van der Waals surface area contributed by atoms with E-state index in [-0.39, 0.29) is 11.9 Å². The SMILES string of the molecule is COc1ccc(OC)c(C(=O)NC2CCN(C[C@H]3CCOC3)CC2)c1. The van der Waals surface area contributed by atoms with Crippen molar-refractivity contribution in [2.45, 2.75) is 25.3 Å². The Kier molecular flexibility index (Phi) is 6.15. The first-order valence-corrected chi connectivity index (χ1v) is 9.02. The Bertz CT molecular complexity index is 579. The van der Waals surface area contributed by atoms with Crippen molar-refractivity contribution in [3.63, 3.8) is 0 Å². The van der Waals surface area contributed by atoms with E-state index in [1.165, 1.54) is 6.42 Å². The zero-order valence-corrected chi connectivity index (χ0v) is 15.1. The molecule has 1 atom stereocenters. The molecular weight excluding hydrogens is 320 g/mol. The van der Waals surface area contributed by atoms with E-state index < -0.39 is 0 Å². The van der Waals surface area contributed by atoms with Gasteiger partial charge in [0.25, 0.3) is 5.91 Å². The van der Waals surface area contributed by atoms with E-state index in [2.05, 4.69) is 10.2 Å². The molecule has 2 aliphatic rings. The van der Waals surface area contributed by atoms with Crippen LogP contribution in [0.1, 0.15) is 29.6 Å². The molecule has 1 aromatic carbocycles. The number of likely N-dealkylation sites (tertiary alicyclic amines) is 1. The quantitative estimate of drug-likeness (QED) is 0.851. The van der Waals surface area contributed by atoms with E-state index >= 15 is 0 Å². The molecule has 6 heteroatoms. The fourth-order valence-electron chi connectivity index (χ4n) is 3.61. The van der Waals surface area contributed by atoms with Gasteiger partial charge in [0.2, 0.25) is 0 Å². The first-order valence-electron chi connectivity index (χ1n) is 9.02. The van der Waals surface area contributed by atoms with Gasteiger partial charge in [-0.1, -0.05) is 0 Å². The number of hydrogen-bond donors (Lipinski definition) is 1. The highest BCUT2D eigenvalue weighted by Crippen LogP contribution is 2.24. The summed E-state index contributed by atoms with van der Waals surface area (Å²) in [4.78, 5) is 15.1. The second kappa shape index (κ2) is 8.54. The lowest BCUT2D eigenvalue weighted by atomic mass is 10.0. The van der Waals surface area contributed by atoms with Gasteiger partial charge in [-0.05, 0) is 43.4 Å². The molecule has 6 nitrogen and oxygen atoms in total. The molecule has 0 unspecified atom stereocenters. The van der Waals surface area contributed by atoms with Crippen molar-refractivity contribution >= 4 is 5.91 Å². The van der Waals surface area contributed by atoms with Crippen molar-refractivity contribution in [1.29, 1.82) is 0 Å². The zero-order chi connectivity index (χ0) is 17.6. The highest BCUT2D eigenvalue weighted by atomic mass is 16.5. The van der Waals surface area contributed by atoms with E-state index in [1.807, 2.05) is 0 Å². The van der Waals surface area contributed by atoms with Gasteiger partial charge in [-0.25, -0.2) is 0 Å². The number of piperidine rings is 1. The predicted molar refractivity (Wildman–Crippen MR) is 95.4 cm³/mol. The minimum absolute atomic E-state index is 0.0987. The third-order valence-electron chi connectivity index (χ3n) is 5.11. The van der Waals surface area contributed by atoms with Crippen molar-refractivity contribution < 1.29 is 19.0 Å². The normalized spacial score (nSPS) is 21.9. The Morgan fingerprint density at radius 2 is 2.04 bits per heavy atom. The molecule has 2 fully saturated rings. The van der Waals surface area contributed by atoms with Gasteiger partial charge in [-0.2, -0.15) is 0 Å². The summed E-state index contributed by atoms with van der Waals surface area (Å²) in [5.74, 6) is 1.79. The molecule has 2 heterocycles. The molecule has 1 amide bonds. The molecule has 0 bridgehead atoms. The Balaban J connectivity index is 1.52. The molecule has 0 radical (unpaired) electrons. The van der Waals surface area contributed by atoms with Gasteiger partial charge < -0.3 is 24.4 Å². The smallest absolute Gasteiger partial charge is 0.255 e. The molecule has 1 aromatic rings. The number of methoxy groups -OCH3 is 2. The van der Waals surface area contributed by atoms with E-state index in [1.54, 1.807) is 32.4 Å². The number of benzene rings is 1. The zero-order valence-electron chi connectivity index (χ0n) is 15.1. The topological polar surface area (TPSA) is 60.0 Å². The Morgan fingerprint density at radius 1 is 1.24 bits per heavy atom. The fraction of sp³-hybridized carbons (Fsp3) is 0.632. The summed E-state index contributed by atoms with van der Waals surface area (Å²) >= 11 is 0. The Labute approximate surface area is 149 Å². The first-order chi connectivity index (χ1) is 12.2. The lowest BCUT2D eigenvalue weighted by Crippen LogP contribution is -2.45. The summed E-state index contributed by atoms with van der Waals surface area (Å²) in [5, 5.41) is 3.15. The minimum atomic E-state index is -0.0987. The highest BCUT2D eigenvalue weighted by Gasteiger charge is 2.25. The molecule has 0 saturated carbocycles. The first kappa shape index (κ1) is 18.0. The van der Waals surface area contributed by atoms with Crippen molar-refractivity contribution in [3.05, 3.63) is 23.8 Å². The summed E-state index contributed by atoms with van der Waals surface area (Å²) in [7, 11) is 3.17. The van der Waals surface area contributed by atoms with Gasteiger partial charge in [0.05, 0.1) is 26.4 Å². The second-order valence-electron chi connectivity index (χ2n) is 6.84. The van der Waals surface area contributed by atoms with Crippen LogP contribution in [0.15, 0.2) is 18.2 Å². The average Bonchev–Trinajstić information content (AvgIpc) is 3.15. The van der Waals surface area contributed by atoms with E-state index in [0.29, 0.717) is 23.0 Å². The Morgan fingerprint density at radius 3 is 2.68 bits per heavy atom. The molecule has 1 N–H and O–H groups in total. The van der Waals surface area contributed by atoms with E-state index in [0.717, 1.165) is 45.7 Å². The maximum absolute atomic E-state index is 12.6. The van der Waals surface area contributed by atoms with Gasteiger partial charge in [0.15, 0.2) is 0 Å². The largest absolute Gasteiger partial charge is 0.497 e. The minimum Gasteiger partial charge on any atom is -0.497 e. The summed E-state index contributed by atoms with van der Waals surface area (Å²) in [6, 6.07) is 5.49. The van der Waals surface area contributed by atoms with Crippen LogP contribution in [-0.2, 0) is 4.74 Å². The number of nitrogens with one attached hydrogen (secondary N) is 1. The van der Waals surface area contributed by atoms with Crippen LogP contribution in [0.2, 0.25) is 0 Å². The van der Waals surface area contributed by atoms with Crippen molar-refractivity contribution in [2.24, 2.45) is 5.92 Å². The van der Waals surface area contributed by atoms with Crippen LogP contribution in [0, 0.1) is 5.92 Å². The summed E-state index contributed by atoms with van der Waals surface area (Å²) in [6.45, 7) is 4.96. The van der Waals surface area contributed by atoms with Crippen LogP contribution in [0.25, 0.3) is 0 Å². The van der Waals surface area contributed by atoms with E-state index in [9.17, 15) is 4.79 Å². The summed E-state index contributed by atoms with van der Waals surface area (Å²) in [5.41, 5.74) is 0.521. The predicted octanol–water partition coefficient (Wildman–Crippen LogP) is 1.93. The molecule has 2 aliphatic heterocycles. The van der Waals surface area contributed by atoms with Crippen molar-refractivity contribution in [1.82, 2.24) is 10.2 Å². The van der Waals surface area contributed by atoms with Crippen LogP contribution in [0.4, 0.5) is 0 Å². The van der Waals surface area contributed by atoms with Crippen LogP contribution < -0.4 is 14.8 Å². The number of amides is 1. The molecule has 25 heavy (non-hydrogen) atoms. The molecule has 0 aromatic heterocycles. The fourth-order valence-corrected chi connectivity index (χ4v) is 3.61. The number of carbonyl (C=O) groups is 1. The molecule has 0 spiro atoms. The van der Waals surface area contributed by atoms with Gasteiger partial charge in [0.1, 0.15) is 11.5 Å². The number of ether oxygens (including phenoxy) is 3. The van der Waals surface area contributed by atoms with Crippen LogP contribution >= 0.6 is 0 Å². The lowest BCUT2D eigenvalue weighted by Gasteiger charge is -2.33. The van der Waals surface area contributed by atoms with Gasteiger partial charge in [-0.3, -0.25) is 4.79 Å². The molecular formula is C19H28N2O4. The maximum Gasteiger partial charge on any atom is 0.255 e. The second-order valence-corrected chi connectivity index (χ2v) is 6.84.